The van der Waals surface area contributed by atoms with E-state index in [-0.39, 0.29) is 5.97 Å². The molecule has 0 spiro atoms. The van der Waals surface area contributed by atoms with Gasteiger partial charge in [-0.1, -0.05) is 30.3 Å². The highest BCUT2D eigenvalue weighted by Gasteiger charge is 2.40. The first-order valence-corrected chi connectivity index (χ1v) is 5.77. The van der Waals surface area contributed by atoms with E-state index >= 15 is 0 Å². The van der Waals surface area contributed by atoms with Gasteiger partial charge in [-0.2, -0.15) is 0 Å². The Labute approximate surface area is 101 Å². The van der Waals surface area contributed by atoms with Gasteiger partial charge in [0.25, 0.3) is 0 Å². The molecule has 1 aliphatic rings. The molecule has 3 heteroatoms. The first kappa shape index (κ1) is 11.7. The van der Waals surface area contributed by atoms with Crippen molar-refractivity contribution in [2.24, 2.45) is 5.73 Å². The molecule has 1 aromatic rings. The van der Waals surface area contributed by atoms with Crippen molar-refractivity contribution in [3.63, 3.8) is 0 Å². The zero-order chi connectivity index (χ0) is 12.5. The van der Waals surface area contributed by atoms with Gasteiger partial charge in [0.1, 0.15) is 5.60 Å². The van der Waals surface area contributed by atoms with E-state index in [1.807, 2.05) is 25.1 Å². The lowest BCUT2D eigenvalue weighted by Crippen LogP contribution is -2.32. The minimum Gasteiger partial charge on any atom is -0.450 e. The van der Waals surface area contributed by atoms with Gasteiger partial charge in [0.05, 0.1) is 11.3 Å². The Kier molecular flexibility index (Phi) is 2.92. The third-order valence-corrected chi connectivity index (χ3v) is 3.33. The Morgan fingerprint density at radius 3 is 2.47 bits per heavy atom. The average molecular weight is 231 g/mol. The lowest BCUT2D eigenvalue weighted by atomic mass is 9.93. The summed E-state index contributed by atoms with van der Waals surface area (Å²) in [5, 5.41) is 0. The van der Waals surface area contributed by atoms with Crippen LogP contribution in [-0.2, 0) is 16.0 Å². The number of hydrogen-bond acceptors (Lipinski definition) is 3. The topological polar surface area (TPSA) is 52.3 Å². The van der Waals surface area contributed by atoms with Crippen molar-refractivity contribution >= 4 is 5.97 Å². The summed E-state index contributed by atoms with van der Waals surface area (Å²) >= 11 is 0. The fourth-order valence-electron chi connectivity index (χ4n) is 2.06. The predicted octanol–water partition coefficient (Wildman–Crippen LogP) is 2.17. The van der Waals surface area contributed by atoms with Crippen LogP contribution in [0, 0.1) is 0 Å². The van der Waals surface area contributed by atoms with Gasteiger partial charge in [0, 0.05) is 0 Å². The molecule has 0 aromatic heterocycles. The van der Waals surface area contributed by atoms with Crippen LogP contribution >= 0.6 is 0 Å². The van der Waals surface area contributed by atoms with Gasteiger partial charge >= 0.3 is 5.97 Å². The number of ether oxygens (including phenoxy) is 1. The fraction of sp³-hybridized carbons (Fsp3) is 0.357. The Morgan fingerprint density at radius 2 is 1.94 bits per heavy atom. The number of carbonyl (C=O) groups excluding carboxylic acids is 1. The van der Waals surface area contributed by atoms with Crippen LogP contribution in [0.15, 0.2) is 41.6 Å². The highest BCUT2D eigenvalue weighted by atomic mass is 16.6. The van der Waals surface area contributed by atoms with E-state index in [4.69, 9.17) is 10.5 Å². The summed E-state index contributed by atoms with van der Waals surface area (Å²) in [6.07, 6.45) is 1.56. The normalized spacial score (nSPS) is 24.0. The largest absolute Gasteiger partial charge is 0.450 e. The highest BCUT2D eigenvalue weighted by Crippen LogP contribution is 2.32. The van der Waals surface area contributed by atoms with Crippen LogP contribution in [-0.4, -0.2) is 11.6 Å². The molecule has 0 saturated heterocycles. The quantitative estimate of drug-likeness (QED) is 0.811. The Balaban J connectivity index is 2.08. The summed E-state index contributed by atoms with van der Waals surface area (Å²) in [5.41, 5.74) is 7.64. The molecule has 90 valence electrons. The highest BCUT2D eigenvalue weighted by molar-refractivity contribution is 5.92. The maximum atomic E-state index is 11.5. The molecule has 0 unspecified atom stereocenters. The monoisotopic (exact) mass is 231 g/mol. The van der Waals surface area contributed by atoms with Crippen molar-refractivity contribution < 1.29 is 9.53 Å². The molecule has 0 bridgehead atoms. The summed E-state index contributed by atoms with van der Waals surface area (Å²) in [4.78, 5) is 11.5. The van der Waals surface area contributed by atoms with Crippen molar-refractivity contribution in [1.29, 1.82) is 0 Å². The van der Waals surface area contributed by atoms with Gasteiger partial charge in [-0.25, -0.2) is 4.79 Å². The number of aryl methyl sites for hydroxylation is 1. The zero-order valence-electron chi connectivity index (χ0n) is 10.2. The molecule has 2 rings (SSSR count). The van der Waals surface area contributed by atoms with Crippen molar-refractivity contribution in [2.45, 2.75) is 32.3 Å². The van der Waals surface area contributed by atoms with Gasteiger partial charge in [0.15, 0.2) is 0 Å². The van der Waals surface area contributed by atoms with E-state index in [1.54, 1.807) is 6.92 Å². The number of cyclic esters (lactones) is 1. The van der Waals surface area contributed by atoms with Crippen LogP contribution in [0.4, 0.5) is 0 Å². The van der Waals surface area contributed by atoms with Gasteiger partial charge in [0.2, 0.25) is 0 Å². The number of hydrogen-bond donors (Lipinski definition) is 1. The van der Waals surface area contributed by atoms with E-state index in [0.717, 1.165) is 6.42 Å². The van der Waals surface area contributed by atoms with Gasteiger partial charge in [-0.15, -0.1) is 0 Å². The second-order valence-corrected chi connectivity index (χ2v) is 4.64. The molecule has 0 fully saturated rings. The predicted molar refractivity (Wildman–Crippen MR) is 66.1 cm³/mol. The third kappa shape index (κ3) is 2.18. The summed E-state index contributed by atoms with van der Waals surface area (Å²) in [5.74, 6) is -0.293. The molecule has 1 atom stereocenters. The van der Waals surface area contributed by atoms with Crippen LogP contribution in [0.5, 0.6) is 0 Å². The standard InChI is InChI=1S/C14H17NO2/c1-10-12(15)14(2,17-13(10)16)9-8-11-6-4-3-5-7-11/h3-7H,8-9,15H2,1-2H3/t14-/m0/s1. The van der Waals surface area contributed by atoms with E-state index in [0.29, 0.717) is 17.7 Å². The van der Waals surface area contributed by atoms with Crippen LogP contribution in [0.2, 0.25) is 0 Å². The summed E-state index contributed by atoms with van der Waals surface area (Å²) in [7, 11) is 0. The smallest absolute Gasteiger partial charge is 0.336 e. The SMILES string of the molecule is CC1=C(N)[C@](C)(CCc2ccccc2)OC1=O. The van der Waals surface area contributed by atoms with Crippen molar-refractivity contribution in [3.8, 4) is 0 Å². The molecular weight excluding hydrogens is 214 g/mol. The van der Waals surface area contributed by atoms with E-state index in [9.17, 15) is 4.79 Å². The number of carbonyl (C=O) groups is 1. The first-order chi connectivity index (χ1) is 8.03. The molecule has 3 nitrogen and oxygen atoms in total. The zero-order valence-corrected chi connectivity index (χ0v) is 10.2. The van der Waals surface area contributed by atoms with Crippen molar-refractivity contribution in [2.75, 3.05) is 0 Å². The molecule has 0 aliphatic carbocycles. The second kappa shape index (κ2) is 4.24. The van der Waals surface area contributed by atoms with E-state index < -0.39 is 5.60 Å². The Hall–Kier alpha value is -1.77. The molecule has 0 amide bonds. The molecule has 2 N–H and O–H groups in total. The Bertz CT molecular complexity index is 464. The molecule has 1 aromatic carbocycles. The molecule has 0 saturated carbocycles. The van der Waals surface area contributed by atoms with E-state index in [1.165, 1.54) is 5.56 Å². The second-order valence-electron chi connectivity index (χ2n) is 4.64. The van der Waals surface area contributed by atoms with Crippen LogP contribution in [0.1, 0.15) is 25.8 Å². The van der Waals surface area contributed by atoms with Gasteiger partial charge in [-0.3, -0.25) is 0 Å². The minimum atomic E-state index is -0.642. The maximum Gasteiger partial charge on any atom is 0.336 e. The molecule has 1 heterocycles. The summed E-state index contributed by atoms with van der Waals surface area (Å²) in [6.45, 7) is 3.59. The first-order valence-electron chi connectivity index (χ1n) is 5.77. The molecular formula is C14H17NO2. The lowest BCUT2D eigenvalue weighted by molar-refractivity contribution is -0.146. The number of nitrogens with two attached hydrogens (primary N) is 1. The fourth-order valence-corrected chi connectivity index (χ4v) is 2.06. The maximum absolute atomic E-state index is 11.5. The summed E-state index contributed by atoms with van der Waals surface area (Å²) < 4.78 is 5.36. The van der Waals surface area contributed by atoms with Crippen LogP contribution in [0.25, 0.3) is 0 Å². The van der Waals surface area contributed by atoms with Crippen molar-refractivity contribution in [1.82, 2.24) is 0 Å². The number of esters is 1. The average Bonchev–Trinajstić information content (AvgIpc) is 2.53. The molecule has 17 heavy (non-hydrogen) atoms. The van der Waals surface area contributed by atoms with Gasteiger partial charge in [-0.05, 0) is 32.3 Å². The van der Waals surface area contributed by atoms with Crippen molar-refractivity contribution in [3.05, 3.63) is 47.2 Å². The molecule has 0 radical (unpaired) electrons. The third-order valence-electron chi connectivity index (χ3n) is 3.33. The van der Waals surface area contributed by atoms with Crippen LogP contribution in [0.3, 0.4) is 0 Å². The Morgan fingerprint density at radius 1 is 1.29 bits per heavy atom. The lowest BCUT2D eigenvalue weighted by Gasteiger charge is -2.24. The van der Waals surface area contributed by atoms with Crippen LogP contribution < -0.4 is 5.73 Å². The summed E-state index contributed by atoms with van der Waals surface area (Å²) in [6, 6.07) is 10.1. The molecule has 1 aliphatic heterocycles. The van der Waals surface area contributed by atoms with E-state index in [2.05, 4.69) is 12.1 Å². The number of benzene rings is 1. The minimum absolute atomic E-state index is 0.293. The van der Waals surface area contributed by atoms with Gasteiger partial charge < -0.3 is 10.5 Å². The number of rotatable bonds is 3.